The molecule has 3 aliphatic carbocycles. The second-order valence-electron chi connectivity index (χ2n) is 9.84. The Labute approximate surface area is 219 Å². The molecular formula is C29H24Cl2N2O3. The van der Waals surface area contributed by atoms with Crippen LogP contribution in [0, 0.1) is 25.7 Å². The third-order valence-corrected chi connectivity index (χ3v) is 9.40. The van der Waals surface area contributed by atoms with Crippen molar-refractivity contribution in [3.63, 3.8) is 0 Å². The molecule has 0 saturated carbocycles. The Kier molecular flexibility index (Phi) is 5.12. The van der Waals surface area contributed by atoms with Crippen molar-refractivity contribution in [2.75, 3.05) is 11.9 Å². The van der Waals surface area contributed by atoms with E-state index in [-0.39, 0.29) is 30.7 Å². The van der Waals surface area contributed by atoms with Crippen LogP contribution in [0.5, 0.6) is 0 Å². The van der Waals surface area contributed by atoms with Crippen molar-refractivity contribution in [1.29, 1.82) is 0 Å². The van der Waals surface area contributed by atoms with Crippen LogP contribution >= 0.6 is 23.2 Å². The van der Waals surface area contributed by atoms with Gasteiger partial charge in [0.2, 0.25) is 17.7 Å². The molecule has 0 radical (unpaired) electrons. The van der Waals surface area contributed by atoms with Gasteiger partial charge in [-0.2, -0.15) is 0 Å². The van der Waals surface area contributed by atoms with Crippen molar-refractivity contribution in [3.8, 4) is 0 Å². The highest BCUT2D eigenvalue weighted by Crippen LogP contribution is 2.69. The van der Waals surface area contributed by atoms with Gasteiger partial charge < -0.3 is 5.32 Å². The Hall–Kier alpha value is -3.15. The van der Waals surface area contributed by atoms with E-state index in [1.807, 2.05) is 80.6 Å². The number of rotatable bonds is 4. The minimum atomic E-state index is -1.21. The fourth-order valence-corrected chi connectivity index (χ4v) is 7.36. The third kappa shape index (κ3) is 2.87. The van der Waals surface area contributed by atoms with Crippen molar-refractivity contribution in [3.05, 3.63) is 100 Å². The summed E-state index contributed by atoms with van der Waals surface area (Å²) in [6.07, 6.45) is -0.0191. The maximum absolute atomic E-state index is 13.8. The van der Waals surface area contributed by atoms with Crippen molar-refractivity contribution < 1.29 is 14.4 Å². The number of carbonyl (C=O) groups excluding carboxylic acids is 3. The fourth-order valence-electron chi connectivity index (χ4n) is 6.26. The highest BCUT2D eigenvalue weighted by Gasteiger charge is 2.72. The molecule has 1 heterocycles. The summed E-state index contributed by atoms with van der Waals surface area (Å²) in [6.45, 7) is 3.88. The van der Waals surface area contributed by atoms with E-state index in [2.05, 4.69) is 5.32 Å². The number of likely N-dealkylation sites (tertiary alicyclic amines) is 1. The summed E-state index contributed by atoms with van der Waals surface area (Å²) in [6, 6.07) is 20.7. The highest BCUT2D eigenvalue weighted by molar-refractivity contribution is 6.36. The molecule has 7 heteroatoms. The van der Waals surface area contributed by atoms with Gasteiger partial charge in [-0.15, -0.1) is 23.2 Å². The van der Waals surface area contributed by atoms with Crippen LogP contribution in [0.3, 0.4) is 0 Å². The number of imide groups is 1. The third-order valence-electron chi connectivity index (χ3n) is 8.12. The van der Waals surface area contributed by atoms with E-state index in [1.165, 1.54) is 4.90 Å². The number of nitrogens with zero attached hydrogens (tertiary/aromatic N) is 1. The molecule has 0 unspecified atom stereocenters. The summed E-state index contributed by atoms with van der Waals surface area (Å²) in [5, 5.41) is 2.90. The Morgan fingerprint density at radius 1 is 0.806 bits per heavy atom. The van der Waals surface area contributed by atoms with Crippen LogP contribution in [0.25, 0.3) is 0 Å². The van der Waals surface area contributed by atoms with Crippen molar-refractivity contribution in [2.45, 2.75) is 30.0 Å². The number of benzene rings is 3. The summed E-state index contributed by atoms with van der Waals surface area (Å²) in [4.78, 5) is 39.1. The number of nitrogens with one attached hydrogen (secondary N) is 1. The minimum Gasteiger partial charge on any atom is -0.326 e. The zero-order valence-electron chi connectivity index (χ0n) is 19.8. The quantitative estimate of drug-likeness (QED) is 0.380. The van der Waals surface area contributed by atoms with Crippen LogP contribution in [-0.2, 0) is 24.1 Å². The molecule has 36 heavy (non-hydrogen) atoms. The number of aryl methyl sites for hydroxylation is 1. The summed E-state index contributed by atoms with van der Waals surface area (Å²) in [7, 11) is 0. The first-order valence-electron chi connectivity index (χ1n) is 12.0. The molecule has 182 valence electrons. The minimum absolute atomic E-state index is 0.0191. The molecule has 0 spiro atoms. The first-order chi connectivity index (χ1) is 17.2. The van der Waals surface area contributed by atoms with E-state index in [9.17, 15) is 14.4 Å². The van der Waals surface area contributed by atoms with Gasteiger partial charge in [0.25, 0.3) is 0 Å². The molecule has 1 aliphatic heterocycles. The molecular weight excluding hydrogens is 495 g/mol. The first-order valence-corrected chi connectivity index (χ1v) is 12.8. The Morgan fingerprint density at radius 3 is 1.75 bits per heavy atom. The molecule has 7 rings (SSSR count). The van der Waals surface area contributed by atoms with E-state index in [0.717, 1.165) is 39.1 Å². The number of hydrogen-bond donors (Lipinski definition) is 1. The molecule has 4 aliphatic rings. The molecule has 3 amide bonds. The van der Waals surface area contributed by atoms with E-state index < -0.39 is 21.6 Å². The standard InChI is InChI=1S/C29H24Cl2N2O3/c1-16-8-7-13-22(17(16)2)32-23(34)14-15-33-26(35)24-25(27(33)36)29(31)19-10-4-3-9-18(19)28(24,30)20-11-5-6-12-21(20)29/h3-13,24-25H,14-15H2,1-2H3,(H,32,34)/t24-,25+,28?,29?. The number of amides is 3. The monoisotopic (exact) mass is 518 g/mol. The second-order valence-corrected chi connectivity index (χ2v) is 11.0. The normalized spacial score (nSPS) is 27.5. The maximum atomic E-state index is 13.8. The molecule has 2 bridgehead atoms. The number of alkyl halides is 2. The van der Waals surface area contributed by atoms with Crippen molar-refractivity contribution in [1.82, 2.24) is 4.90 Å². The van der Waals surface area contributed by atoms with Crippen LogP contribution < -0.4 is 5.32 Å². The zero-order chi connectivity index (χ0) is 25.4. The number of carbonyl (C=O) groups is 3. The highest BCUT2D eigenvalue weighted by atomic mass is 35.5. The van der Waals surface area contributed by atoms with E-state index in [1.54, 1.807) is 0 Å². The largest absolute Gasteiger partial charge is 0.326 e. The average Bonchev–Trinajstić information content (AvgIpc) is 3.14. The van der Waals surface area contributed by atoms with Gasteiger partial charge in [0.15, 0.2) is 0 Å². The van der Waals surface area contributed by atoms with Crippen molar-refractivity contribution >= 4 is 46.6 Å². The molecule has 2 atom stereocenters. The van der Waals surface area contributed by atoms with Crippen LogP contribution in [-0.4, -0.2) is 29.2 Å². The Balaban J connectivity index is 1.34. The number of anilines is 1. The predicted octanol–water partition coefficient (Wildman–Crippen LogP) is 5.23. The molecule has 3 aromatic rings. The summed E-state index contributed by atoms with van der Waals surface area (Å²) in [5.41, 5.74) is 5.81. The molecule has 1 N–H and O–H groups in total. The van der Waals surface area contributed by atoms with Gasteiger partial charge in [-0.25, -0.2) is 0 Å². The maximum Gasteiger partial charge on any atom is 0.235 e. The molecule has 3 aromatic carbocycles. The fraction of sp³-hybridized carbons (Fsp3) is 0.276. The number of halogens is 2. The van der Waals surface area contributed by atoms with Crippen LogP contribution in [0.1, 0.15) is 39.8 Å². The van der Waals surface area contributed by atoms with Gasteiger partial charge in [-0.3, -0.25) is 19.3 Å². The summed E-state index contributed by atoms with van der Waals surface area (Å²) >= 11 is 14.8. The topological polar surface area (TPSA) is 66.5 Å². The lowest BCUT2D eigenvalue weighted by Crippen LogP contribution is -2.57. The Morgan fingerprint density at radius 2 is 1.28 bits per heavy atom. The molecule has 5 nitrogen and oxygen atoms in total. The predicted molar refractivity (Wildman–Crippen MR) is 139 cm³/mol. The first kappa shape index (κ1) is 23.3. The van der Waals surface area contributed by atoms with Gasteiger partial charge in [0.1, 0.15) is 9.75 Å². The second kappa shape index (κ2) is 7.92. The Bertz CT molecular complexity index is 1340. The van der Waals surface area contributed by atoms with Gasteiger partial charge in [-0.05, 0) is 53.3 Å². The van der Waals surface area contributed by atoms with Crippen LogP contribution in [0.2, 0.25) is 0 Å². The van der Waals surface area contributed by atoms with Gasteiger partial charge in [0, 0.05) is 18.7 Å². The van der Waals surface area contributed by atoms with Gasteiger partial charge in [-0.1, -0.05) is 60.7 Å². The van der Waals surface area contributed by atoms with E-state index >= 15 is 0 Å². The molecule has 1 saturated heterocycles. The van der Waals surface area contributed by atoms with E-state index in [0.29, 0.717) is 0 Å². The van der Waals surface area contributed by atoms with Crippen molar-refractivity contribution in [2.24, 2.45) is 11.8 Å². The molecule has 1 fully saturated rings. The van der Waals surface area contributed by atoms with Crippen LogP contribution in [0.4, 0.5) is 5.69 Å². The average molecular weight is 519 g/mol. The number of hydrogen-bond acceptors (Lipinski definition) is 3. The van der Waals surface area contributed by atoms with Crippen LogP contribution in [0.15, 0.2) is 66.7 Å². The lowest BCUT2D eigenvalue weighted by molar-refractivity contribution is -0.140. The van der Waals surface area contributed by atoms with Gasteiger partial charge in [0.05, 0.1) is 11.8 Å². The van der Waals surface area contributed by atoms with Gasteiger partial charge >= 0.3 is 0 Å². The van der Waals surface area contributed by atoms with E-state index in [4.69, 9.17) is 23.2 Å². The lowest BCUT2D eigenvalue weighted by atomic mass is 9.54. The summed E-state index contributed by atoms with van der Waals surface area (Å²) < 4.78 is 0. The molecule has 0 aromatic heterocycles. The smallest absolute Gasteiger partial charge is 0.235 e. The SMILES string of the molecule is Cc1cccc(NC(=O)CCN2C(=O)[C@@H]3[C@H](C2=O)C2(Cl)c4ccccc4C3(Cl)c3ccccc32)c1C. The zero-order valence-corrected chi connectivity index (χ0v) is 21.4. The summed E-state index contributed by atoms with van der Waals surface area (Å²) in [5.74, 6) is -2.73. The lowest BCUT2D eigenvalue weighted by Gasteiger charge is -2.54.